The topological polar surface area (TPSA) is 95.4 Å². The molecule has 2 heterocycles. The Morgan fingerprint density at radius 3 is 2.53 bits per heavy atom. The first-order chi connectivity index (χ1) is 14.3. The highest BCUT2D eigenvalue weighted by Crippen LogP contribution is 2.45. The van der Waals surface area contributed by atoms with Crippen LogP contribution in [0.4, 0.5) is 5.69 Å². The Bertz CT molecular complexity index is 1350. The highest BCUT2D eigenvalue weighted by Gasteiger charge is 2.23. The molecule has 0 atom stereocenters. The molecule has 0 spiro atoms. The van der Waals surface area contributed by atoms with Gasteiger partial charge in [-0.1, -0.05) is 29.6 Å². The lowest BCUT2D eigenvalue weighted by Gasteiger charge is -2.15. The van der Waals surface area contributed by atoms with E-state index in [0.29, 0.717) is 16.9 Å². The summed E-state index contributed by atoms with van der Waals surface area (Å²) in [5.74, 6) is 0. The number of nitrogens with one attached hydrogen (secondary N) is 1. The highest BCUT2D eigenvalue weighted by atomic mass is 32.2. The lowest BCUT2D eigenvalue weighted by atomic mass is 10.2. The van der Waals surface area contributed by atoms with Gasteiger partial charge >= 0.3 is 0 Å². The molecule has 7 nitrogen and oxygen atoms in total. The molecule has 0 unspecified atom stereocenters. The molecule has 0 bridgehead atoms. The van der Waals surface area contributed by atoms with Crippen LogP contribution in [0.3, 0.4) is 0 Å². The van der Waals surface area contributed by atoms with Gasteiger partial charge in [0.25, 0.3) is 15.7 Å². The number of aryl methyl sites for hydroxylation is 1. The molecule has 0 saturated carbocycles. The fourth-order valence-electron chi connectivity index (χ4n) is 3.27. The van der Waals surface area contributed by atoms with Crippen LogP contribution in [0.25, 0.3) is 11.8 Å². The maximum atomic E-state index is 12.9. The number of rotatable bonds is 4. The fraction of sp³-hybridized carbons (Fsp3) is 0.143. The fourth-order valence-corrected chi connectivity index (χ4v) is 4.84. The van der Waals surface area contributed by atoms with Gasteiger partial charge in [-0.25, -0.2) is 4.68 Å². The minimum Gasteiger partial charge on any atom is -0.329 e. The Morgan fingerprint density at radius 1 is 1.17 bits per heavy atom. The molecule has 2 N–H and O–H groups in total. The van der Waals surface area contributed by atoms with Crippen molar-refractivity contribution >= 4 is 33.6 Å². The summed E-state index contributed by atoms with van der Waals surface area (Å²) in [6.45, 7) is 4.64. The number of aromatic nitrogens is 2. The van der Waals surface area contributed by atoms with Gasteiger partial charge in [0.15, 0.2) is 0 Å². The number of anilines is 1. The van der Waals surface area contributed by atoms with Crippen molar-refractivity contribution in [3.05, 3.63) is 80.9 Å². The lowest BCUT2D eigenvalue weighted by Crippen LogP contribution is -2.16. The molecule has 1 aliphatic rings. The van der Waals surface area contributed by atoms with Gasteiger partial charge in [0.05, 0.1) is 21.8 Å². The van der Waals surface area contributed by atoms with E-state index in [9.17, 15) is 13.2 Å². The van der Waals surface area contributed by atoms with E-state index in [1.54, 1.807) is 24.8 Å². The Hall–Kier alpha value is -2.97. The van der Waals surface area contributed by atoms with Crippen molar-refractivity contribution in [3.63, 3.8) is 0 Å². The number of aromatic amines is 1. The summed E-state index contributed by atoms with van der Waals surface area (Å²) < 4.78 is 32.9. The van der Waals surface area contributed by atoms with E-state index in [0.717, 1.165) is 22.2 Å². The zero-order valence-electron chi connectivity index (χ0n) is 16.3. The van der Waals surface area contributed by atoms with Gasteiger partial charge < -0.3 is 4.90 Å². The van der Waals surface area contributed by atoms with Crippen molar-refractivity contribution in [1.82, 2.24) is 9.78 Å². The summed E-state index contributed by atoms with van der Waals surface area (Å²) in [6, 6.07) is 13.5. The molecule has 4 rings (SSSR count). The number of hydrogen-bond acceptors (Lipinski definition) is 5. The van der Waals surface area contributed by atoms with Crippen molar-refractivity contribution < 1.29 is 13.0 Å². The van der Waals surface area contributed by atoms with E-state index >= 15 is 0 Å². The average Bonchev–Trinajstić information content (AvgIpc) is 3.22. The van der Waals surface area contributed by atoms with Crippen LogP contribution >= 0.6 is 11.8 Å². The van der Waals surface area contributed by atoms with Crippen molar-refractivity contribution in [2.75, 3.05) is 11.4 Å². The quantitative estimate of drug-likeness (QED) is 0.472. The molecule has 154 valence electrons. The maximum Gasteiger partial charge on any atom is 0.294 e. The molecule has 1 aliphatic heterocycles. The SMILES string of the molecule is CCN1C(=C=Cc2c(C)[nH]n(-c3ccc(S(=O)(=O)O)cc3)c2=O)Sc2ccccc21. The first kappa shape index (κ1) is 20.3. The molecular formula is C21H19N3O4S2. The maximum absolute atomic E-state index is 12.9. The van der Waals surface area contributed by atoms with E-state index in [-0.39, 0.29) is 10.5 Å². The lowest BCUT2D eigenvalue weighted by molar-refractivity contribution is 0.483. The number of nitrogens with zero attached hydrogens (tertiary/aromatic N) is 2. The van der Waals surface area contributed by atoms with Gasteiger partial charge in [-0.05, 0) is 56.3 Å². The van der Waals surface area contributed by atoms with Gasteiger partial charge in [0.2, 0.25) is 0 Å². The summed E-state index contributed by atoms with van der Waals surface area (Å²) in [7, 11) is -4.29. The van der Waals surface area contributed by atoms with Crippen molar-refractivity contribution in [2.24, 2.45) is 0 Å². The van der Waals surface area contributed by atoms with Gasteiger partial charge in [-0.2, -0.15) is 8.42 Å². The molecule has 30 heavy (non-hydrogen) atoms. The van der Waals surface area contributed by atoms with E-state index in [4.69, 9.17) is 4.55 Å². The van der Waals surface area contributed by atoms with E-state index in [1.807, 2.05) is 12.1 Å². The second-order valence-corrected chi connectivity index (χ2v) is 9.12. The summed E-state index contributed by atoms with van der Waals surface area (Å²) >= 11 is 1.61. The molecule has 1 aromatic heterocycles. The molecule has 0 amide bonds. The largest absolute Gasteiger partial charge is 0.329 e. The average molecular weight is 442 g/mol. The van der Waals surface area contributed by atoms with Crippen molar-refractivity contribution in [1.29, 1.82) is 0 Å². The van der Waals surface area contributed by atoms with Crippen LogP contribution in [0.5, 0.6) is 0 Å². The third-order valence-electron chi connectivity index (χ3n) is 4.77. The number of thioether (sulfide) groups is 1. The molecule has 0 aliphatic carbocycles. The molecule has 2 aromatic carbocycles. The van der Waals surface area contributed by atoms with E-state index in [1.165, 1.54) is 28.9 Å². The van der Waals surface area contributed by atoms with E-state index in [2.05, 4.69) is 34.8 Å². The Balaban J connectivity index is 1.72. The summed E-state index contributed by atoms with van der Waals surface area (Å²) in [6.07, 6.45) is 1.67. The van der Waals surface area contributed by atoms with E-state index < -0.39 is 10.1 Å². The van der Waals surface area contributed by atoms with Gasteiger partial charge in [0, 0.05) is 17.1 Å². The smallest absolute Gasteiger partial charge is 0.294 e. The second-order valence-electron chi connectivity index (χ2n) is 6.67. The predicted octanol–water partition coefficient (Wildman–Crippen LogP) is 3.81. The van der Waals surface area contributed by atoms with Gasteiger partial charge in [-0.3, -0.25) is 14.4 Å². The van der Waals surface area contributed by atoms with Crippen LogP contribution in [0, 0.1) is 6.92 Å². The molecule has 9 heteroatoms. The third-order valence-corrected chi connectivity index (χ3v) is 6.74. The molecule has 0 saturated heterocycles. The summed E-state index contributed by atoms with van der Waals surface area (Å²) in [5, 5.41) is 3.92. The first-order valence-electron chi connectivity index (χ1n) is 9.20. The Kier molecular flexibility index (Phi) is 5.21. The number of hydrogen-bond donors (Lipinski definition) is 2. The summed E-state index contributed by atoms with van der Waals surface area (Å²) in [5.41, 5.74) is 5.70. The second kappa shape index (κ2) is 7.70. The zero-order valence-corrected chi connectivity index (χ0v) is 17.9. The molecular weight excluding hydrogens is 422 g/mol. The standard InChI is InChI=1S/C21H19N3O4S2/c1-3-23-18-6-4-5-7-19(18)29-20(23)13-12-17-14(2)22-24(21(17)25)15-8-10-16(11-9-15)30(26,27)28/h4-12,22H,3H2,1-2H3,(H,26,27,28). The van der Waals surface area contributed by atoms with Crippen molar-refractivity contribution in [3.8, 4) is 5.69 Å². The van der Waals surface area contributed by atoms with Gasteiger partial charge in [-0.15, -0.1) is 0 Å². The minimum absolute atomic E-state index is 0.232. The normalized spacial score (nSPS) is 13.3. The van der Waals surface area contributed by atoms with Crippen LogP contribution in [-0.4, -0.2) is 29.3 Å². The zero-order chi connectivity index (χ0) is 21.5. The van der Waals surface area contributed by atoms with Gasteiger partial charge in [0.1, 0.15) is 5.03 Å². The molecule has 0 fully saturated rings. The molecule has 0 radical (unpaired) electrons. The summed E-state index contributed by atoms with van der Waals surface area (Å²) in [4.78, 5) is 16.0. The Labute approximate surface area is 178 Å². The van der Waals surface area contributed by atoms with Crippen molar-refractivity contribution in [2.45, 2.75) is 23.6 Å². The minimum atomic E-state index is -4.29. The van der Waals surface area contributed by atoms with Crippen LogP contribution in [-0.2, 0) is 10.1 Å². The first-order valence-corrected chi connectivity index (χ1v) is 11.5. The van der Waals surface area contributed by atoms with Crippen LogP contribution < -0.4 is 10.5 Å². The predicted molar refractivity (Wildman–Crippen MR) is 118 cm³/mol. The van der Waals surface area contributed by atoms with Crippen LogP contribution in [0.2, 0.25) is 0 Å². The van der Waals surface area contributed by atoms with Crippen LogP contribution in [0.1, 0.15) is 18.2 Å². The highest BCUT2D eigenvalue weighted by molar-refractivity contribution is 8.03. The number of para-hydroxylation sites is 1. The number of benzene rings is 2. The molecule has 3 aromatic rings. The van der Waals surface area contributed by atoms with Crippen LogP contribution in [0.15, 0.2) is 73.9 Å². The third kappa shape index (κ3) is 3.64. The monoisotopic (exact) mass is 441 g/mol. The number of H-pyrrole nitrogens is 1. The number of fused-ring (bicyclic) bond motifs is 1. The Morgan fingerprint density at radius 2 is 1.87 bits per heavy atom.